The Morgan fingerprint density at radius 3 is 2.77 bits per heavy atom. The van der Waals surface area contributed by atoms with Crippen LogP contribution in [-0.2, 0) is 25.8 Å². The molecule has 30 heavy (non-hydrogen) atoms. The van der Waals surface area contributed by atoms with E-state index in [9.17, 15) is 18.0 Å². The van der Waals surface area contributed by atoms with E-state index in [0.29, 0.717) is 30.2 Å². The topological polar surface area (TPSA) is 114 Å². The molecule has 158 valence electrons. The average molecular weight is 431 g/mol. The summed E-state index contributed by atoms with van der Waals surface area (Å²) < 4.78 is 34.4. The minimum Gasteiger partial charge on any atom is -0.454 e. The van der Waals surface area contributed by atoms with E-state index in [1.54, 1.807) is 0 Å². The molecule has 1 aromatic carbocycles. The number of carbonyl (C=O) groups excluding carboxylic acids is 2. The van der Waals surface area contributed by atoms with Crippen molar-refractivity contribution >= 4 is 32.9 Å². The summed E-state index contributed by atoms with van der Waals surface area (Å²) in [4.78, 5) is 25.2. The Morgan fingerprint density at radius 2 is 2.00 bits per heavy atom. The van der Waals surface area contributed by atoms with Gasteiger partial charge in [-0.1, -0.05) is 0 Å². The van der Waals surface area contributed by atoms with Gasteiger partial charge in [-0.15, -0.1) is 0 Å². The maximum absolute atomic E-state index is 12.9. The Labute approximate surface area is 173 Å². The van der Waals surface area contributed by atoms with Crippen LogP contribution >= 0.6 is 0 Å². The smallest absolute Gasteiger partial charge is 0.243 e. The van der Waals surface area contributed by atoms with Crippen molar-refractivity contribution < 1.29 is 27.5 Å². The van der Waals surface area contributed by atoms with Gasteiger partial charge in [-0.2, -0.15) is 5.10 Å². The van der Waals surface area contributed by atoms with E-state index < -0.39 is 15.9 Å². The number of benzene rings is 1. The van der Waals surface area contributed by atoms with Crippen LogP contribution in [0.3, 0.4) is 0 Å². The molecule has 4 heterocycles. The highest BCUT2D eigenvalue weighted by Crippen LogP contribution is 2.38. The molecule has 0 bridgehead atoms. The largest absolute Gasteiger partial charge is 0.454 e. The third kappa shape index (κ3) is 3.45. The molecule has 5 rings (SSSR count). The van der Waals surface area contributed by atoms with Gasteiger partial charge in [0.1, 0.15) is 5.71 Å². The first-order valence-electron chi connectivity index (χ1n) is 9.92. The molecule has 9 nitrogen and oxygen atoms in total. The number of allylic oxidation sites excluding steroid dienone is 1. The molecule has 10 heteroatoms. The van der Waals surface area contributed by atoms with Gasteiger partial charge in [-0.05, 0) is 30.5 Å². The predicted molar refractivity (Wildman–Crippen MR) is 108 cm³/mol. The minimum atomic E-state index is -3.16. The number of hydrazone groups is 1. The molecular formula is C20H21N3O6S. The van der Waals surface area contributed by atoms with Gasteiger partial charge in [0, 0.05) is 36.7 Å². The van der Waals surface area contributed by atoms with Gasteiger partial charge in [0.25, 0.3) is 0 Å². The summed E-state index contributed by atoms with van der Waals surface area (Å²) >= 11 is 0. The fourth-order valence-corrected chi connectivity index (χ4v) is 5.91. The summed E-state index contributed by atoms with van der Waals surface area (Å²) in [7, 11) is -3.16. The lowest BCUT2D eigenvalue weighted by Gasteiger charge is -2.27. The van der Waals surface area contributed by atoms with Gasteiger partial charge in [-0.3, -0.25) is 9.59 Å². The van der Waals surface area contributed by atoms with Crippen LogP contribution in [0.15, 0.2) is 23.3 Å². The van der Waals surface area contributed by atoms with Crippen molar-refractivity contribution in [3.63, 3.8) is 0 Å². The second-order valence-corrected chi connectivity index (χ2v) is 10.0. The molecular weight excluding hydrogens is 410 g/mol. The summed E-state index contributed by atoms with van der Waals surface area (Å²) in [5.74, 6) is 0.758. The number of sulfone groups is 1. The lowest BCUT2D eigenvalue weighted by atomic mass is 9.95. The summed E-state index contributed by atoms with van der Waals surface area (Å²) in [6.07, 6.45) is 3.04. The normalized spacial score (nSPS) is 25.7. The van der Waals surface area contributed by atoms with Crippen molar-refractivity contribution in [1.82, 2.24) is 10.3 Å². The zero-order valence-electron chi connectivity index (χ0n) is 16.2. The number of rotatable bonds is 3. The van der Waals surface area contributed by atoms with Gasteiger partial charge in [-0.25, -0.2) is 13.4 Å². The van der Waals surface area contributed by atoms with E-state index in [-0.39, 0.29) is 48.5 Å². The first-order chi connectivity index (χ1) is 14.4. The number of carbonyl (C=O) groups is 2. The predicted octanol–water partition coefficient (Wildman–Crippen LogP) is 0.637. The van der Waals surface area contributed by atoms with Gasteiger partial charge in [0.2, 0.25) is 18.5 Å². The molecule has 1 amide bonds. The summed E-state index contributed by atoms with van der Waals surface area (Å²) in [6, 6.07) is 3.31. The van der Waals surface area contributed by atoms with Gasteiger partial charge in [0.05, 0.1) is 17.5 Å². The number of amides is 1. The molecule has 0 aliphatic carbocycles. The van der Waals surface area contributed by atoms with E-state index in [2.05, 4.69) is 10.4 Å². The molecule has 1 atom stereocenters. The van der Waals surface area contributed by atoms with Crippen molar-refractivity contribution in [2.45, 2.75) is 31.7 Å². The lowest BCUT2D eigenvalue weighted by molar-refractivity contribution is -0.133. The van der Waals surface area contributed by atoms with Gasteiger partial charge in [0.15, 0.2) is 21.3 Å². The van der Waals surface area contributed by atoms with E-state index in [1.807, 2.05) is 12.1 Å². The Balaban J connectivity index is 1.42. The number of hydrogen-bond donors (Lipinski definition) is 1. The highest BCUT2D eigenvalue weighted by Gasteiger charge is 2.37. The monoisotopic (exact) mass is 431 g/mol. The number of ether oxygens (including phenoxy) is 2. The molecule has 0 saturated carbocycles. The second-order valence-electron chi connectivity index (χ2n) is 7.80. The van der Waals surface area contributed by atoms with Crippen molar-refractivity contribution in [2.75, 3.05) is 24.8 Å². The van der Waals surface area contributed by atoms with Crippen LogP contribution in [0.25, 0.3) is 5.70 Å². The highest BCUT2D eigenvalue weighted by atomic mass is 32.2. The van der Waals surface area contributed by atoms with Crippen molar-refractivity contribution in [1.29, 1.82) is 0 Å². The maximum Gasteiger partial charge on any atom is 0.243 e. The van der Waals surface area contributed by atoms with E-state index in [4.69, 9.17) is 9.47 Å². The summed E-state index contributed by atoms with van der Waals surface area (Å²) in [5.41, 5.74) is 2.89. The van der Waals surface area contributed by atoms with E-state index in [0.717, 1.165) is 17.5 Å². The Kier molecular flexibility index (Phi) is 4.53. The van der Waals surface area contributed by atoms with Crippen LogP contribution in [0.1, 0.15) is 30.4 Å². The van der Waals surface area contributed by atoms with Crippen LogP contribution in [0, 0.1) is 0 Å². The zero-order chi connectivity index (χ0) is 20.9. The zero-order valence-corrected chi connectivity index (χ0v) is 17.0. The fraction of sp³-hybridized carbons (Fsp3) is 0.450. The Morgan fingerprint density at radius 1 is 1.20 bits per heavy atom. The van der Waals surface area contributed by atoms with Crippen LogP contribution < -0.4 is 14.8 Å². The molecule has 0 radical (unpaired) electrons. The van der Waals surface area contributed by atoms with Crippen molar-refractivity contribution in [3.8, 4) is 11.5 Å². The number of nitrogens with zero attached hydrogens (tertiary/aromatic N) is 2. The molecule has 0 spiro atoms. The minimum absolute atomic E-state index is 0.0428. The van der Waals surface area contributed by atoms with Gasteiger partial charge < -0.3 is 14.8 Å². The van der Waals surface area contributed by atoms with Crippen LogP contribution in [0.5, 0.6) is 11.5 Å². The third-order valence-electron chi connectivity index (χ3n) is 5.77. The number of fused-ring (bicyclic) bond motifs is 2. The van der Waals surface area contributed by atoms with Crippen molar-refractivity contribution in [2.24, 2.45) is 5.10 Å². The molecule has 1 fully saturated rings. The fourth-order valence-electron chi connectivity index (χ4n) is 4.21. The van der Waals surface area contributed by atoms with Crippen LogP contribution in [0.2, 0.25) is 0 Å². The quantitative estimate of drug-likeness (QED) is 0.699. The molecule has 1 N–H and O–H groups in total. The first kappa shape index (κ1) is 19.1. The molecule has 1 saturated heterocycles. The number of nitrogens with one attached hydrogen (secondary N) is 1. The third-order valence-corrected chi connectivity index (χ3v) is 7.52. The molecule has 0 unspecified atom stereocenters. The summed E-state index contributed by atoms with van der Waals surface area (Å²) in [6.45, 7) is 0.865. The number of ketones is 1. The first-order valence-corrected chi connectivity index (χ1v) is 11.7. The molecule has 4 aliphatic heterocycles. The Bertz CT molecular complexity index is 1110. The standard InChI is InChI=1S/C20H21N3O6S/c24-17(15-1-2-20(25)23(22-15)13-4-6-30(26,27)10-13)9-16-14-8-19-18(28-11-29-19)7-12(14)3-5-21-16/h7-9,13,21H,1-6,10-11H2/b16-9+/t13-/m1/s1. The molecule has 0 aromatic heterocycles. The van der Waals surface area contributed by atoms with Crippen LogP contribution in [-0.4, -0.2) is 61.7 Å². The van der Waals surface area contributed by atoms with E-state index in [1.165, 1.54) is 11.1 Å². The van der Waals surface area contributed by atoms with Gasteiger partial charge >= 0.3 is 0 Å². The van der Waals surface area contributed by atoms with Crippen molar-refractivity contribution in [3.05, 3.63) is 29.3 Å². The van der Waals surface area contributed by atoms with E-state index >= 15 is 0 Å². The van der Waals surface area contributed by atoms with Crippen LogP contribution in [0.4, 0.5) is 0 Å². The Hall–Kier alpha value is -2.88. The molecule has 1 aromatic rings. The lowest BCUT2D eigenvalue weighted by Crippen LogP contribution is -2.41. The second kappa shape index (κ2) is 7.12. The average Bonchev–Trinajstić information content (AvgIpc) is 3.32. The number of hydrogen-bond acceptors (Lipinski definition) is 8. The maximum atomic E-state index is 12.9. The summed E-state index contributed by atoms with van der Waals surface area (Å²) in [5, 5.41) is 8.72. The highest BCUT2D eigenvalue weighted by molar-refractivity contribution is 7.91. The SMILES string of the molecule is O=C(/C=C1/NCCc2cc3c(cc21)OCO3)C1=NN([C@@H]2CCS(=O)(=O)C2)C(=O)CC1. The molecule has 4 aliphatic rings.